The van der Waals surface area contributed by atoms with E-state index in [1.807, 2.05) is 4.90 Å². The van der Waals surface area contributed by atoms with Crippen molar-refractivity contribution in [3.8, 4) is 0 Å². The first-order valence-corrected chi connectivity index (χ1v) is 5.34. The molecule has 2 heterocycles. The van der Waals surface area contributed by atoms with Crippen molar-refractivity contribution in [1.82, 2.24) is 10.2 Å². The number of ether oxygens (including phenoxy) is 1. The SMILES string of the molecule is COC1(C(=O)N2CCC2)CCNCC1. The number of likely N-dealkylation sites (tertiary alicyclic amines) is 1. The van der Waals surface area contributed by atoms with Gasteiger partial charge in [0.05, 0.1) is 0 Å². The van der Waals surface area contributed by atoms with Crippen LogP contribution >= 0.6 is 0 Å². The van der Waals surface area contributed by atoms with Gasteiger partial charge in [0.2, 0.25) is 0 Å². The summed E-state index contributed by atoms with van der Waals surface area (Å²) in [6, 6.07) is 0. The van der Waals surface area contributed by atoms with Crippen LogP contribution in [0.5, 0.6) is 0 Å². The van der Waals surface area contributed by atoms with Crippen LogP contribution in [0.3, 0.4) is 0 Å². The Balaban J connectivity index is 2.05. The molecule has 0 atom stereocenters. The van der Waals surface area contributed by atoms with Gasteiger partial charge in [-0.15, -0.1) is 0 Å². The van der Waals surface area contributed by atoms with Crippen molar-refractivity contribution in [2.75, 3.05) is 33.3 Å². The first kappa shape index (κ1) is 9.93. The molecule has 0 unspecified atom stereocenters. The number of rotatable bonds is 2. The van der Waals surface area contributed by atoms with E-state index in [0.717, 1.165) is 45.4 Å². The van der Waals surface area contributed by atoms with Crippen molar-refractivity contribution in [3.05, 3.63) is 0 Å². The van der Waals surface area contributed by atoms with Crippen molar-refractivity contribution in [2.45, 2.75) is 24.9 Å². The lowest BCUT2D eigenvalue weighted by atomic mass is 9.89. The third kappa shape index (κ3) is 1.53. The van der Waals surface area contributed by atoms with Gasteiger partial charge < -0.3 is 15.0 Å². The van der Waals surface area contributed by atoms with Gasteiger partial charge in [-0.1, -0.05) is 0 Å². The molecule has 0 aromatic rings. The molecule has 0 bridgehead atoms. The average Bonchev–Trinajstić information content (AvgIpc) is 2.16. The predicted molar refractivity (Wildman–Crippen MR) is 53.0 cm³/mol. The summed E-state index contributed by atoms with van der Waals surface area (Å²) in [5.74, 6) is 0.202. The van der Waals surface area contributed by atoms with Crippen molar-refractivity contribution in [2.24, 2.45) is 0 Å². The number of methoxy groups -OCH3 is 1. The molecule has 0 aliphatic carbocycles. The Kier molecular flexibility index (Phi) is 2.74. The van der Waals surface area contributed by atoms with E-state index in [2.05, 4.69) is 5.32 Å². The zero-order chi connectivity index (χ0) is 10.0. The maximum absolute atomic E-state index is 12.1. The fourth-order valence-corrected chi connectivity index (χ4v) is 2.14. The van der Waals surface area contributed by atoms with Crippen molar-refractivity contribution >= 4 is 5.91 Å². The number of piperidine rings is 1. The minimum absolute atomic E-state index is 0.202. The van der Waals surface area contributed by atoms with Crippen LogP contribution in [0.15, 0.2) is 0 Å². The molecule has 2 rings (SSSR count). The Labute approximate surface area is 84.6 Å². The lowest BCUT2D eigenvalue weighted by Gasteiger charge is -2.42. The van der Waals surface area contributed by atoms with Crippen LogP contribution in [-0.2, 0) is 9.53 Å². The summed E-state index contributed by atoms with van der Waals surface area (Å²) in [7, 11) is 1.66. The van der Waals surface area contributed by atoms with Gasteiger partial charge in [0.1, 0.15) is 5.60 Å². The second kappa shape index (κ2) is 3.87. The Morgan fingerprint density at radius 2 is 2.00 bits per heavy atom. The average molecular weight is 198 g/mol. The molecule has 2 aliphatic heterocycles. The van der Waals surface area contributed by atoms with E-state index >= 15 is 0 Å². The van der Waals surface area contributed by atoms with Crippen molar-refractivity contribution in [3.63, 3.8) is 0 Å². The maximum Gasteiger partial charge on any atom is 0.254 e. The Morgan fingerprint density at radius 3 is 2.43 bits per heavy atom. The summed E-state index contributed by atoms with van der Waals surface area (Å²) in [6.45, 7) is 3.59. The second-order valence-electron chi connectivity index (χ2n) is 4.09. The fraction of sp³-hybridized carbons (Fsp3) is 0.900. The zero-order valence-electron chi connectivity index (χ0n) is 8.71. The predicted octanol–water partition coefficient (Wildman–Crippen LogP) is -0.0127. The normalized spacial score (nSPS) is 25.6. The topological polar surface area (TPSA) is 41.6 Å². The molecule has 14 heavy (non-hydrogen) atoms. The molecule has 0 saturated carbocycles. The van der Waals surface area contributed by atoms with Gasteiger partial charge in [-0.3, -0.25) is 4.79 Å². The van der Waals surface area contributed by atoms with E-state index in [1.54, 1.807) is 7.11 Å². The summed E-state index contributed by atoms with van der Waals surface area (Å²) < 4.78 is 5.47. The van der Waals surface area contributed by atoms with Crippen LogP contribution in [-0.4, -0.2) is 49.7 Å². The minimum atomic E-state index is -0.522. The maximum atomic E-state index is 12.1. The van der Waals surface area contributed by atoms with Gasteiger partial charge in [-0.05, 0) is 32.4 Å². The zero-order valence-corrected chi connectivity index (χ0v) is 8.71. The summed E-state index contributed by atoms with van der Waals surface area (Å²) in [5.41, 5.74) is -0.522. The molecule has 1 N–H and O–H groups in total. The van der Waals surface area contributed by atoms with Crippen LogP contribution in [0, 0.1) is 0 Å². The number of nitrogens with zero attached hydrogens (tertiary/aromatic N) is 1. The number of carbonyl (C=O) groups excluding carboxylic acids is 1. The van der Waals surface area contributed by atoms with Crippen molar-refractivity contribution < 1.29 is 9.53 Å². The standard InChI is InChI=1S/C10H18N2O2/c1-14-10(3-5-11-6-4-10)9(13)12-7-2-8-12/h11H,2-8H2,1H3. The third-order valence-electron chi connectivity index (χ3n) is 3.34. The van der Waals surface area contributed by atoms with Crippen LogP contribution in [0.25, 0.3) is 0 Å². The molecule has 2 aliphatic rings. The van der Waals surface area contributed by atoms with E-state index in [4.69, 9.17) is 4.74 Å². The lowest BCUT2D eigenvalue weighted by molar-refractivity contribution is -0.162. The summed E-state index contributed by atoms with van der Waals surface area (Å²) >= 11 is 0. The second-order valence-corrected chi connectivity index (χ2v) is 4.09. The van der Waals surface area contributed by atoms with E-state index in [-0.39, 0.29) is 5.91 Å². The summed E-state index contributed by atoms with van der Waals surface area (Å²) in [4.78, 5) is 14.0. The van der Waals surface area contributed by atoms with E-state index in [9.17, 15) is 4.79 Å². The number of amides is 1. The van der Waals surface area contributed by atoms with Gasteiger partial charge in [0.15, 0.2) is 0 Å². The van der Waals surface area contributed by atoms with Crippen LogP contribution in [0.4, 0.5) is 0 Å². The van der Waals surface area contributed by atoms with Crippen LogP contribution in [0.1, 0.15) is 19.3 Å². The highest BCUT2D eigenvalue weighted by atomic mass is 16.5. The highest BCUT2D eigenvalue weighted by Crippen LogP contribution is 2.27. The molecule has 1 amide bonds. The fourth-order valence-electron chi connectivity index (χ4n) is 2.14. The molecule has 80 valence electrons. The first-order chi connectivity index (χ1) is 6.78. The molecule has 0 radical (unpaired) electrons. The van der Waals surface area contributed by atoms with Gasteiger partial charge in [-0.25, -0.2) is 0 Å². The van der Waals surface area contributed by atoms with Crippen LogP contribution in [0.2, 0.25) is 0 Å². The highest BCUT2D eigenvalue weighted by molar-refractivity contribution is 5.86. The van der Waals surface area contributed by atoms with Gasteiger partial charge in [0.25, 0.3) is 5.91 Å². The smallest absolute Gasteiger partial charge is 0.254 e. The number of nitrogens with one attached hydrogen (secondary N) is 1. The Hall–Kier alpha value is -0.610. The van der Waals surface area contributed by atoms with Gasteiger partial charge >= 0.3 is 0 Å². The van der Waals surface area contributed by atoms with E-state index in [1.165, 1.54) is 0 Å². The molecule has 0 aromatic carbocycles. The molecule has 0 spiro atoms. The third-order valence-corrected chi connectivity index (χ3v) is 3.34. The quantitative estimate of drug-likeness (QED) is 0.678. The molecular weight excluding hydrogens is 180 g/mol. The van der Waals surface area contributed by atoms with E-state index < -0.39 is 5.60 Å². The number of carbonyl (C=O) groups is 1. The van der Waals surface area contributed by atoms with Crippen molar-refractivity contribution in [1.29, 1.82) is 0 Å². The lowest BCUT2D eigenvalue weighted by Crippen LogP contribution is -2.58. The molecular formula is C10H18N2O2. The Morgan fingerprint density at radius 1 is 1.36 bits per heavy atom. The molecule has 2 fully saturated rings. The molecule has 0 aromatic heterocycles. The largest absolute Gasteiger partial charge is 0.368 e. The molecule has 4 heteroatoms. The highest BCUT2D eigenvalue weighted by Gasteiger charge is 2.43. The van der Waals surface area contributed by atoms with Gasteiger partial charge in [0, 0.05) is 20.2 Å². The number of hydrogen-bond donors (Lipinski definition) is 1. The minimum Gasteiger partial charge on any atom is -0.368 e. The monoisotopic (exact) mass is 198 g/mol. The van der Waals surface area contributed by atoms with Crippen LogP contribution < -0.4 is 5.32 Å². The molecule has 2 saturated heterocycles. The summed E-state index contributed by atoms with van der Waals surface area (Å²) in [6.07, 6.45) is 2.75. The first-order valence-electron chi connectivity index (χ1n) is 5.34. The van der Waals surface area contributed by atoms with Gasteiger partial charge in [-0.2, -0.15) is 0 Å². The molecule has 4 nitrogen and oxygen atoms in total. The Bertz CT molecular complexity index is 220. The van der Waals surface area contributed by atoms with E-state index in [0.29, 0.717) is 0 Å². The summed E-state index contributed by atoms with van der Waals surface area (Å²) in [5, 5.41) is 3.25. The number of hydrogen-bond acceptors (Lipinski definition) is 3.